The Hall–Kier alpha value is -1.50. The van der Waals surface area contributed by atoms with Gasteiger partial charge in [-0.25, -0.2) is 4.68 Å². The Morgan fingerprint density at radius 2 is 2.41 bits per heavy atom. The van der Waals surface area contributed by atoms with E-state index < -0.39 is 0 Å². The maximum Gasteiger partial charge on any atom is 0.237 e. The molecule has 1 aliphatic rings. The number of nitrogens with zero attached hydrogens (tertiary/aromatic N) is 5. The molecule has 1 atom stereocenters. The van der Waals surface area contributed by atoms with E-state index in [0.29, 0.717) is 0 Å². The van der Waals surface area contributed by atoms with Crippen molar-refractivity contribution in [1.82, 2.24) is 30.4 Å². The highest BCUT2D eigenvalue weighted by Gasteiger charge is 2.25. The Kier molecular flexibility index (Phi) is 4.03. The second-order valence-electron chi connectivity index (χ2n) is 4.18. The minimum atomic E-state index is -0.0195. The third kappa shape index (κ3) is 3.00. The zero-order chi connectivity index (χ0) is 12.1. The van der Waals surface area contributed by atoms with Gasteiger partial charge in [0.05, 0.1) is 12.6 Å². The maximum atomic E-state index is 11.8. The van der Waals surface area contributed by atoms with Gasteiger partial charge in [-0.15, -0.1) is 5.10 Å². The van der Waals surface area contributed by atoms with Crippen LogP contribution in [-0.2, 0) is 11.3 Å². The summed E-state index contributed by atoms with van der Waals surface area (Å²) in [5.41, 5.74) is 0. The molecule has 94 valence electrons. The lowest BCUT2D eigenvalue weighted by molar-refractivity contribution is -0.125. The molecule has 2 rings (SSSR count). The Balaban J connectivity index is 1.94. The van der Waals surface area contributed by atoms with Crippen LogP contribution in [0.2, 0.25) is 0 Å². The van der Waals surface area contributed by atoms with Crippen LogP contribution >= 0.6 is 0 Å². The van der Waals surface area contributed by atoms with Crippen LogP contribution in [0.1, 0.15) is 19.8 Å². The third-order valence-electron chi connectivity index (χ3n) is 3.06. The number of hydrogen-bond acceptors (Lipinski definition) is 5. The van der Waals surface area contributed by atoms with Crippen LogP contribution in [-0.4, -0.2) is 56.7 Å². The Morgan fingerprint density at radius 3 is 3.12 bits per heavy atom. The SMILES string of the molecule is CC[C@H]1C(=O)NCCCN1CCn1cnnn1. The molecule has 1 amide bonds. The molecule has 1 N–H and O–H groups in total. The summed E-state index contributed by atoms with van der Waals surface area (Å²) < 4.78 is 1.69. The summed E-state index contributed by atoms with van der Waals surface area (Å²) in [5, 5.41) is 13.9. The molecular formula is C10H18N6O. The van der Waals surface area contributed by atoms with Gasteiger partial charge in [0, 0.05) is 19.6 Å². The molecule has 0 aromatic carbocycles. The molecule has 0 spiro atoms. The number of tetrazole rings is 1. The van der Waals surface area contributed by atoms with E-state index in [2.05, 4.69) is 25.7 Å². The van der Waals surface area contributed by atoms with Crippen LogP contribution in [0.4, 0.5) is 0 Å². The standard InChI is InChI=1S/C10H18N6O/c1-2-9-10(17)11-4-3-5-15(9)6-7-16-8-12-13-14-16/h8-9H,2-7H2,1H3,(H,11,17)/t9-/m0/s1. The van der Waals surface area contributed by atoms with E-state index in [4.69, 9.17) is 0 Å². The predicted molar refractivity (Wildman–Crippen MR) is 61.1 cm³/mol. The van der Waals surface area contributed by atoms with Crippen LogP contribution in [0.15, 0.2) is 6.33 Å². The summed E-state index contributed by atoms with van der Waals surface area (Å²) in [6, 6.07) is -0.0195. The van der Waals surface area contributed by atoms with Gasteiger partial charge in [0.15, 0.2) is 0 Å². The number of hydrogen-bond donors (Lipinski definition) is 1. The average Bonchev–Trinajstić information content (AvgIpc) is 2.78. The lowest BCUT2D eigenvalue weighted by Gasteiger charge is -2.26. The molecule has 1 fully saturated rings. The van der Waals surface area contributed by atoms with Crippen molar-refractivity contribution in [3.05, 3.63) is 6.33 Å². The van der Waals surface area contributed by atoms with E-state index in [1.165, 1.54) is 0 Å². The van der Waals surface area contributed by atoms with Gasteiger partial charge in [-0.3, -0.25) is 9.69 Å². The van der Waals surface area contributed by atoms with Crippen molar-refractivity contribution in [2.24, 2.45) is 0 Å². The third-order valence-corrected chi connectivity index (χ3v) is 3.06. The van der Waals surface area contributed by atoms with Crippen molar-refractivity contribution in [3.8, 4) is 0 Å². The Bertz CT molecular complexity index is 352. The molecule has 1 saturated heterocycles. The number of carbonyl (C=O) groups is 1. The van der Waals surface area contributed by atoms with Crippen molar-refractivity contribution in [2.75, 3.05) is 19.6 Å². The summed E-state index contributed by atoms with van der Waals surface area (Å²) in [4.78, 5) is 14.0. The molecule has 17 heavy (non-hydrogen) atoms. The smallest absolute Gasteiger partial charge is 0.237 e. The zero-order valence-electron chi connectivity index (χ0n) is 10.0. The molecule has 2 heterocycles. The topological polar surface area (TPSA) is 75.9 Å². The highest BCUT2D eigenvalue weighted by Crippen LogP contribution is 2.08. The van der Waals surface area contributed by atoms with Crippen molar-refractivity contribution < 1.29 is 4.79 Å². The Labute approximate surface area is 100 Å². The van der Waals surface area contributed by atoms with Gasteiger partial charge in [0.1, 0.15) is 6.33 Å². The number of rotatable bonds is 4. The quantitative estimate of drug-likeness (QED) is 0.748. The van der Waals surface area contributed by atoms with Gasteiger partial charge in [-0.2, -0.15) is 0 Å². The maximum absolute atomic E-state index is 11.8. The van der Waals surface area contributed by atoms with E-state index in [-0.39, 0.29) is 11.9 Å². The first kappa shape index (κ1) is 12.0. The van der Waals surface area contributed by atoms with E-state index in [1.54, 1.807) is 11.0 Å². The average molecular weight is 238 g/mol. The summed E-state index contributed by atoms with van der Waals surface area (Å²) >= 11 is 0. The van der Waals surface area contributed by atoms with Gasteiger partial charge in [0.25, 0.3) is 0 Å². The van der Waals surface area contributed by atoms with Gasteiger partial charge < -0.3 is 5.32 Å². The molecule has 0 bridgehead atoms. The van der Waals surface area contributed by atoms with Crippen LogP contribution in [0.3, 0.4) is 0 Å². The summed E-state index contributed by atoms with van der Waals surface area (Å²) in [5.74, 6) is 0.140. The van der Waals surface area contributed by atoms with Gasteiger partial charge >= 0.3 is 0 Å². The minimum absolute atomic E-state index is 0.0195. The first-order valence-corrected chi connectivity index (χ1v) is 6.03. The van der Waals surface area contributed by atoms with Crippen molar-refractivity contribution >= 4 is 5.91 Å². The van der Waals surface area contributed by atoms with Crippen LogP contribution in [0.25, 0.3) is 0 Å². The molecule has 1 aromatic heterocycles. The monoisotopic (exact) mass is 238 g/mol. The highest BCUT2D eigenvalue weighted by atomic mass is 16.2. The molecule has 7 heteroatoms. The lowest BCUT2D eigenvalue weighted by Crippen LogP contribution is -2.45. The van der Waals surface area contributed by atoms with Crippen molar-refractivity contribution in [1.29, 1.82) is 0 Å². The Morgan fingerprint density at radius 1 is 1.53 bits per heavy atom. The van der Waals surface area contributed by atoms with E-state index in [9.17, 15) is 4.79 Å². The minimum Gasteiger partial charge on any atom is -0.355 e. The van der Waals surface area contributed by atoms with Crippen LogP contribution in [0, 0.1) is 0 Å². The molecular weight excluding hydrogens is 220 g/mol. The summed E-state index contributed by atoms with van der Waals surface area (Å²) in [6.07, 6.45) is 3.43. The van der Waals surface area contributed by atoms with Gasteiger partial charge in [-0.05, 0) is 23.3 Å². The van der Waals surface area contributed by atoms with Crippen molar-refractivity contribution in [3.63, 3.8) is 0 Å². The number of carbonyl (C=O) groups excluding carboxylic acids is 1. The van der Waals surface area contributed by atoms with Crippen LogP contribution < -0.4 is 5.32 Å². The number of aromatic nitrogens is 4. The molecule has 0 unspecified atom stereocenters. The largest absolute Gasteiger partial charge is 0.355 e. The van der Waals surface area contributed by atoms with Gasteiger partial charge in [0.2, 0.25) is 5.91 Å². The number of nitrogens with one attached hydrogen (secondary N) is 1. The fourth-order valence-electron chi connectivity index (χ4n) is 2.16. The molecule has 0 aliphatic carbocycles. The summed E-state index contributed by atoms with van der Waals surface area (Å²) in [6.45, 7) is 5.28. The second-order valence-corrected chi connectivity index (χ2v) is 4.18. The predicted octanol–water partition coefficient (Wildman–Crippen LogP) is -0.726. The molecule has 0 radical (unpaired) electrons. The van der Waals surface area contributed by atoms with Crippen molar-refractivity contribution in [2.45, 2.75) is 32.4 Å². The summed E-state index contributed by atoms with van der Waals surface area (Å²) in [7, 11) is 0. The second kappa shape index (κ2) is 5.72. The lowest BCUT2D eigenvalue weighted by atomic mass is 10.2. The van der Waals surface area contributed by atoms with E-state index >= 15 is 0 Å². The highest BCUT2D eigenvalue weighted by molar-refractivity contribution is 5.81. The first-order chi connectivity index (χ1) is 8.31. The van der Waals surface area contributed by atoms with E-state index in [1.807, 2.05) is 6.92 Å². The first-order valence-electron chi connectivity index (χ1n) is 6.03. The fraction of sp³-hybridized carbons (Fsp3) is 0.800. The van der Waals surface area contributed by atoms with Crippen LogP contribution in [0.5, 0.6) is 0 Å². The number of amides is 1. The molecule has 0 saturated carbocycles. The normalized spacial score (nSPS) is 22.2. The molecule has 7 nitrogen and oxygen atoms in total. The zero-order valence-corrected chi connectivity index (χ0v) is 10.0. The fourth-order valence-corrected chi connectivity index (χ4v) is 2.16. The molecule has 1 aromatic rings. The van der Waals surface area contributed by atoms with Gasteiger partial charge in [-0.1, -0.05) is 6.92 Å². The van der Waals surface area contributed by atoms with E-state index in [0.717, 1.165) is 39.0 Å². The molecule has 1 aliphatic heterocycles.